The fraction of sp³-hybridized carbons (Fsp3) is 0.571. The molecule has 1 aliphatic carbocycles. The van der Waals surface area contributed by atoms with E-state index in [0.29, 0.717) is 18.0 Å². The van der Waals surface area contributed by atoms with Crippen LogP contribution in [0.2, 0.25) is 0 Å². The van der Waals surface area contributed by atoms with Crippen molar-refractivity contribution in [1.29, 1.82) is 0 Å². The van der Waals surface area contributed by atoms with Crippen molar-refractivity contribution in [2.24, 2.45) is 5.92 Å². The van der Waals surface area contributed by atoms with Gasteiger partial charge in [-0.25, -0.2) is 17.5 Å². The first kappa shape index (κ1) is 15.3. The number of halogens is 1. The standard InChI is InChI=1S/C14H21FN2O2S/c1-10-7-12(15)13(16)8-14(10)20(18,19)17-9-11-5-3-2-4-6-11/h7-8,11,17H,2-6,9,16H2,1H3. The molecule has 0 heterocycles. The summed E-state index contributed by atoms with van der Waals surface area (Å²) in [4.78, 5) is 0.0622. The molecule has 0 spiro atoms. The van der Waals surface area contributed by atoms with Crippen LogP contribution >= 0.6 is 0 Å². The number of nitrogens with two attached hydrogens (primary N) is 1. The molecule has 1 fully saturated rings. The summed E-state index contributed by atoms with van der Waals surface area (Å²) in [7, 11) is -3.63. The van der Waals surface area contributed by atoms with E-state index in [1.165, 1.54) is 12.5 Å². The Morgan fingerprint density at radius 1 is 1.30 bits per heavy atom. The third kappa shape index (κ3) is 3.49. The van der Waals surface area contributed by atoms with Gasteiger partial charge in [0, 0.05) is 6.54 Å². The van der Waals surface area contributed by atoms with Crippen LogP contribution in [0, 0.1) is 18.7 Å². The fourth-order valence-corrected chi connectivity index (χ4v) is 4.03. The molecule has 0 atom stereocenters. The van der Waals surface area contributed by atoms with E-state index in [0.717, 1.165) is 31.7 Å². The van der Waals surface area contributed by atoms with Gasteiger partial charge in [-0.05, 0) is 43.4 Å². The van der Waals surface area contributed by atoms with E-state index in [1.807, 2.05) is 0 Å². The lowest BCUT2D eigenvalue weighted by Gasteiger charge is -2.22. The molecule has 1 aromatic rings. The molecule has 0 aromatic heterocycles. The number of benzene rings is 1. The molecule has 112 valence electrons. The van der Waals surface area contributed by atoms with E-state index in [-0.39, 0.29) is 10.6 Å². The lowest BCUT2D eigenvalue weighted by molar-refractivity contribution is 0.357. The van der Waals surface area contributed by atoms with E-state index in [1.54, 1.807) is 6.92 Å². The highest BCUT2D eigenvalue weighted by molar-refractivity contribution is 7.89. The van der Waals surface area contributed by atoms with Crippen molar-refractivity contribution in [3.63, 3.8) is 0 Å². The highest BCUT2D eigenvalue weighted by atomic mass is 32.2. The number of nitrogens with one attached hydrogen (secondary N) is 1. The first-order valence-electron chi connectivity index (χ1n) is 6.95. The van der Waals surface area contributed by atoms with Crippen molar-refractivity contribution in [2.75, 3.05) is 12.3 Å². The van der Waals surface area contributed by atoms with Crippen molar-refractivity contribution in [1.82, 2.24) is 4.72 Å². The number of anilines is 1. The van der Waals surface area contributed by atoms with Gasteiger partial charge in [-0.2, -0.15) is 0 Å². The van der Waals surface area contributed by atoms with Crippen molar-refractivity contribution >= 4 is 15.7 Å². The monoisotopic (exact) mass is 300 g/mol. The molecule has 1 aromatic carbocycles. The summed E-state index contributed by atoms with van der Waals surface area (Å²) in [6.45, 7) is 2.01. The molecule has 0 amide bonds. The molecule has 0 bridgehead atoms. The minimum absolute atomic E-state index is 0.0622. The van der Waals surface area contributed by atoms with Crippen molar-refractivity contribution in [3.05, 3.63) is 23.5 Å². The topological polar surface area (TPSA) is 72.2 Å². The van der Waals surface area contributed by atoms with Crippen LogP contribution in [-0.2, 0) is 10.0 Å². The zero-order valence-electron chi connectivity index (χ0n) is 11.7. The zero-order chi connectivity index (χ0) is 14.8. The Labute approximate surface area is 119 Å². The maximum atomic E-state index is 13.3. The third-order valence-corrected chi connectivity index (χ3v) is 5.44. The van der Waals surface area contributed by atoms with Crippen LogP contribution in [-0.4, -0.2) is 15.0 Å². The average molecular weight is 300 g/mol. The average Bonchev–Trinajstić information content (AvgIpc) is 2.42. The summed E-state index contributed by atoms with van der Waals surface area (Å²) in [6, 6.07) is 2.35. The molecule has 6 heteroatoms. The number of nitrogen functional groups attached to an aromatic ring is 1. The molecule has 0 unspecified atom stereocenters. The lowest BCUT2D eigenvalue weighted by atomic mass is 9.90. The van der Waals surface area contributed by atoms with Gasteiger partial charge in [0.25, 0.3) is 0 Å². The largest absolute Gasteiger partial charge is 0.396 e. The molecular formula is C14H21FN2O2S. The Hall–Kier alpha value is -1.14. The molecule has 0 radical (unpaired) electrons. The molecule has 1 saturated carbocycles. The Kier molecular flexibility index (Phi) is 4.65. The molecule has 2 rings (SSSR count). The van der Waals surface area contributed by atoms with Gasteiger partial charge in [-0.3, -0.25) is 0 Å². The maximum absolute atomic E-state index is 13.3. The second-order valence-electron chi connectivity index (χ2n) is 5.50. The minimum Gasteiger partial charge on any atom is -0.396 e. The van der Waals surface area contributed by atoms with Crippen LogP contribution in [0.5, 0.6) is 0 Å². The highest BCUT2D eigenvalue weighted by Gasteiger charge is 2.21. The molecule has 0 aliphatic heterocycles. The van der Waals surface area contributed by atoms with Crippen LogP contribution in [0.1, 0.15) is 37.7 Å². The van der Waals surface area contributed by atoms with E-state index < -0.39 is 15.8 Å². The summed E-state index contributed by atoms with van der Waals surface area (Å²) in [6.07, 6.45) is 5.68. The highest BCUT2D eigenvalue weighted by Crippen LogP contribution is 2.25. The quantitative estimate of drug-likeness (QED) is 0.839. The molecule has 1 aliphatic rings. The number of hydrogen-bond donors (Lipinski definition) is 2. The lowest BCUT2D eigenvalue weighted by Crippen LogP contribution is -2.30. The van der Waals surface area contributed by atoms with Gasteiger partial charge >= 0.3 is 0 Å². The molecule has 20 heavy (non-hydrogen) atoms. The smallest absolute Gasteiger partial charge is 0.240 e. The Morgan fingerprint density at radius 2 is 1.95 bits per heavy atom. The molecule has 3 N–H and O–H groups in total. The predicted octanol–water partition coefficient (Wildman–Crippen LogP) is 2.57. The first-order valence-corrected chi connectivity index (χ1v) is 8.44. The van der Waals surface area contributed by atoms with Crippen LogP contribution in [0.15, 0.2) is 17.0 Å². The van der Waals surface area contributed by atoms with Crippen molar-refractivity contribution < 1.29 is 12.8 Å². The Bertz CT molecular complexity index is 581. The van der Waals surface area contributed by atoms with Crippen LogP contribution in [0.3, 0.4) is 0 Å². The van der Waals surface area contributed by atoms with Gasteiger partial charge in [-0.1, -0.05) is 19.3 Å². The van der Waals surface area contributed by atoms with Crippen LogP contribution in [0.4, 0.5) is 10.1 Å². The first-order chi connectivity index (χ1) is 9.40. The van der Waals surface area contributed by atoms with Crippen molar-refractivity contribution in [3.8, 4) is 0 Å². The summed E-state index contributed by atoms with van der Waals surface area (Å²) < 4.78 is 40.5. The molecule has 0 saturated heterocycles. The van der Waals surface area contributed by atoms with Gasteiger partial charge in [-0.15, -0.1) is 0 Å². The second-order valence-corrected chi connectivity index (χ2v) is 7.23. The van der Waals surface area contributed by atoms with Gasteiger partial charge in [0.15, 0.2) is 0 Å². The van der Waals surface area contributed by atoms with Crippen LogP contribution in [0.25, 0.3) is 0 Å². The van der Waals surface area contributed by atoms with Crippen LogP contribution < -0.4 is 10.5 Å². The normalized spacial score (nSPS) is 17.3. The summed E-state index contributed by atoms with van der Waals surface area (Å²) in [5.74, 6) is -0.189. The van der Waals surface area contributed by atoms with E-state index in [4.69, 9.17) is 5.73 Å². The number of sulfonamides is 1. The molecule has 4 nitrogen and oxygen atoms in total. The number of aryl methyl sites for hydroxylation is 1. The predicted molar refractivity (Wildman–Crippen MR) is 77.3 cm³/mol. The third-order valence-electron chi connectivity index (χ3n) is 3.87. The maximum Gasteiger partial charge on any atom is 0.240 e. The van der Waals surface area contributed by atoms with Gasteiger partial charge in [0.1, 0.15) is 5.82 Å². The Balaban J connectivity index is 2.11. The zero-order valence-corrected chi connectivity index (χ0v) is 12.5. The second kappa shape index (κ2) is 6.10. The summed E-state index contributed by atoms with van der Waals surface area (Å²) in [5.41, 5.74) is 5.68. The van der Waals surface area contributed by atoms with E-state index in [2.05, 4.69) is 4.72 Å². The number of rotatable bonds is 4. The summed E-state index contributed by atoms with van der Waals surface area (Å²) in [5, 5.41) is 0. The number of hydrogen-bond acceptors (Lipinski definition) is 3. The van der Waals surface area contributed by atoms with Crippen molar-refractivity contribution in [2.45, 2.75) is 43.9 Å². The fourth-order valence-electron chi connectivity index (χ4n) is 2.65. The minimum atomic E-state index is -3.63. The van der Waals surface area contributed by atoms with Gasteiger partial charge in [0.2, 0.25) is 10.0 Å². The van der Waals surface area contributed by atoms with Gasteiger partial charge < -0.3 is 5.73 Å². The Morgan fingerprint density at radius 3 is 2.60 bits per heavy atom. The molecular weight excluding hydrogens is 279 g/mol. The van der Waals surface area contributed by atoms with E-state index in [9.17, 15) is 12.8 Å². The van der Waals surface area contributed by atoms with Gasteiger partial charge in [0.05, 0.1) is 10.6 Å². The summed E-state index contributed by atoms with van der Waals surface area (Å²) >= 11 is 0. The SMILES string of the molecule is Cc1cc(F)c(N)cc1S(=O)(=O)NCC1CCCCC1. The van der Waals surface area contributed by atoms with E-state index >= 15 is 0 Å².